The first-order valence-electron chi connectivity index (χ1n) is 3.32. The Balaban J connectivity index is 2.33. The highest BCUT2D eigenvalue weighted by atomic mass is 14.5. The van der Waals surface area contributed by atoms with Gasteiger partial charge in [0.15, 0.2) is 0 Å². The summed E-state index contributed by atoms with van der Waals surface area (Å²) in [6.07, 6.45) is 7.57. The second-order valence-corrected chi connectivity index (χ2v) is 3.99. The minimum absolute atomic E-state index is 0.620. The van der Waals surface area contributed by atoms with E-state index in [0.29, 0.717) is 10.8 Å². The van der Waals surface area contributed by atoms with Crippen LogP contribution < -0.4 is 0 Å². The molecule has 1 fully saturated rings. The summed E-state index contributed by atoms with van der Waals surface area (Å²) >= 11 is 0. The van der Waals surface area contributed by atoms with Gasteiger partial charge in [-0.2, -0.15) is 0 Å². The molecule has 0 saturated heterocycles. The van der Waals surface area contributed by atoms with E-state index in [1.54, 1.807) is 0 Å². The Hall–Kier alpha value is -0.260. The third kappa shape index (κ3) is 0.367. The average molecular weight is 108 g/mol. The third-order valence-corrected chi connectivity index (χ3v) is 2.50. The van der Waals surface area contributed by atoms with Crippen molar-refractivity contribution in [1.82, 2.24) is 0 Å². The molecule has 0 amide bonds. The van der Waals surface area contributed by atoms with E-state index in [2.05, 4.69) is 26.0 Å². The molecule has 0 radical (unpaired) electrons. The van der Waals surface area contributed by atoms with Crippen molar-refractivity contribution in [1.29, 1.82) is 0 Å². The molecule has 1 saturated carbocycles. The first-order chi connectivity index (χ1) is 3.62. The van der Waals surface area contributed by atoms with E-state index in [1.165, 1.54) is 12.8 Å². The van der Waals surface area contributed by atoms with E-state index in [9.17, 15) is 0 Å². The van der Waals surface area contributed by atoms with Crippen molar-refractivity contribution in [2.45, 2.75) is 26.7 Å². The maximum absolute atomic E-state index is 2.38. The summed E-state index contributed by atoms with van der Waals surface area (Å²) in [6, 6.07) is 0. The van der Waals surface area contributed by atoms with E-state index < -0.39 is 0 Å². The van der Waals surface area contributed by atoms with E-state index in [1.807, 2.05) is 0 Å². The molecule has 0 aromatic heterocycles. The average Bonchev–Trinajstić information content (AvgIpc) is 1.88. The molecule has 44 valence electrons. The fourth-order valence-corrected chi connectivity index (χ4v) is 2.43. The number of allylic oxidation sites excluding steroid dienone is 2. The molecular weight excluding hydrogens is 96.1 g/mol. The predicted molar refractivity (Wildman–Crippen MR) is 34.6 cm³/mol. The molecule has 0 unspecified atom stereocenters. The summed E-state index contributed by atoms with van der Waals surface area (Å²) in [5.74, 6) is 0. The van der Waals surface area contributed by atoms with Gasteiger partial charge in [0.05, 0.1) is 0 Å². The van der Waals surface area contributed by atoms with Crippen LogP contribution in [-0.2, 0) is 0 Å². The quantitative estimate of drug-likeness (QED) is 0.418. The van der Waals surface area contributed by atoms with Crippen LogP contribution in [0.4, 0.5) is 0 Å². The van der Waals surface area contributed by atoms with Gasteiger partial charge in [-0.15, -0.1) is 0 Å². The molecule has 8 heavy (non-hydrogen) atoms. The van der Waals surface area contributed by atoms with E-state index in [0.717, 1.165) is 0 Å². The van der Waals surface area contributed by atoms with Crippen molar-refractivity contribution in [3.05, 3.63) is 12.2 Å². The van der Waals surface area contributed by atoms with Gasteiger partial charge in [0.2, 0.25) is 0 Å². The van der Waals surface area contributed by atoms with E-state index >= 15 is 0 Å². The molecule has 0 nitrogen and oxygen atoms in total. The Morgan fingerprint density at radius 3 is 1.50 bits per heavy atom. The molecule has 0 aromatic rings. The zero-order valence-electron chi connectivity index (χ0n) is 5.57. The van der Waals surface area contributed by atoms with E-state index in [4.69, 9.17) is 0 Å². The Morgan fingerprint density at radius 2 is 1.38 bits per heavy atom. The van der Waals surface area contributed by atoms with Crippen LogP contribution in [0.5, 0.6) is 0 Å². The molecule has 0 N–H and O–H groups in total. The molecule has 2 bridgehead atoms. The van der Waals surface area contributed by atoms with Crippen LogP contribution in [0, 0.1) is 10.8 Å². The second-order valence-electron chi connectivity index (χ2n) is 3.99. The highest BCUT2D eigenvalue weighted by Gasteiger charge is 2.50. The summed E-state index contributed by atoms with van der Waals surface area (Å²) in [4.78, 5) is 0. The number of hydrogen-bond donors (Lipinski definition) is 0. The third-order valence-electron chi connectivity index (χ3n) is 2.50. The van der Waals surface area contributed by atoms with Crippen LogP contribution >= 0.6 is 0 Å². The zero-order valence-corrected chi connectivity index (χ0v) is 5.57. The molecule has 0 heteroatoms. The van der Waals surface area contributed by atoms with E-state index in [-0.39, 0.29) is 0 Å². The molecule has 0 aliphatic heterocycles. The largest absolute Gasteiger partial charge is 0.0820 e. The lowest BCUT2D eigenvalue weighted by molar-refractivity contribution is 0.107. The summed E-state index contributed by atoms with van der Waals surface area (Å²) in [5.41, 5.74) is 1.24. The van der Waals surface area contributed by atoms with Gasteiger partial charge in [0, 0.05) is 0 Å². The topological polar surface area (TPSA) is 0 Å². The van der Waals surface area contributed by atoms with Crippen molar-refractivity contribution in [3.8, 4) is 0 Å². The van der Waals surface area contributed by atoms with Crippen LogP contribution in [0.3, 0.4) is 0 Å². The minimum Gasteiger partial charge on any atom is -0.0820 e. The van der Waals surface area contributed by atoms with Crippen molar-refractivity contribution >= 4 is 0 Å². The lowest BCUT2D eigenvalue weighted by Gasteiger charge is -2.43. The molecule has 3 rings (SSSR count). The Kier molecular flexibility index (Phi) is 0.516. The van der Waals surface area contributed by atoms with Crippen LogP contribution in [0.15, 0.2) is 12.2 Å². The van der Waals surface area contributed by atoms with Crippen molar-refractivity contribution in [3.63, 3.8) is 0 Å². The molecule has 3 aliphatic rings. The maximum atomic E-state index is 2.38. The molecule has 0 heterocycles. The van der Waals surface area contributed by atoms with Crippen LogP contribution in [-0.4, -0.2) is 0 Å². The van der Waals surface area contributed by atoms with Crippen molar-refractivity contribution < 1.29 is 0 Å². The Labute approximate surface area is 50.6 Å². The standard InChI is InChI=1S/C8H12/c1-7-3-4-8(2,5-7)6-7/h3-4H,5-6H2,1-2H3. The van der Waals surface area contributed by atoms with Gasteiger partial charge in [-0.1, -0.05) is 26.0 Å². The Bertz CT molecular complexity index is 131. The van der Waals surface area contributed by atoms with Gasteiger partial charge in [-0.3, -0.25) is 0 Å². The molecule has 0 aromatic carbocycles. The lowest BCUT2D eigenvalue weighted by Crippen LogP contribution is -2.33. The number of rotatable bonds is 0. The van der Waals surface area contributed by atoms with Crippen LogP contribution in [0.1, 0.15) is 26.7 Å². The normalized spacial score (nSPS) is 58.8. The van der Waals surface area contributed by atoms with Gasteiger partial charge >= 0.3 is 0 Å². The van der Waals surface area contributed by atoms with Gasteiger partial charge in [0.1, 0.15) is 0 Å². The number of hydrogen-bond acceptors (Lipinski definition) is 0. The van der Waals surface area contributed by atoms with Crippen LogP contribution in [0.2, 0.25) is 0 Å². The highest BCUT2D eigenvalue weighted by molar-refractivity contribution is 5.24. The second kappa shape index (κ2) is 0.896. The zero-order chi connectivity index (χ0) is 5.83. The summed E-state index contributed by atoms with van der Waals surface area (Å²) in [7, 11) is 0. The SMILES string of the molecule is CC12C=CC(C)(C1)C2. The molecular formula is C8H12. The van der Waals surface area contributed by atoms with Crippen LogP contribution in [0.25, 0.3) is 0 Å². The highest BCUT2D eigenvalue weighted by Crippen LogP contribution is 2.61. The maximum Gasteiger partial charge on any atom is -0.0130 e. The summed E-state index contributed by atoms with van der Waals surface area (Å²) in [5, 5.41) is 0. The minimum atomic E-state index is 0.620. The Morgan fingerprint density at radius 1 is 1.00 bits per heavy atom. The van der Waals surface area contributed by atoms with Gasteiger partial charge in [-0.05, 0) is 23.7 Å². The predicted octanol–water partition coefficient (Wildman–Crippen LogP) is 2.36. The molecule has 0 spiro atoms. The van der Waals surface area contributed by atoms with Gasteiger partial charge in [0.25, 0.3) is 0 Å². The van der Waals surface area contributed by atoms with Gasteiger partial charge < -0.3 is 0 Å². The molecule has 3 aliphatic carbocycles. The van der Waals surface area contributed by atoms with Crippen molar-refractivity contribution in [2.75, 3.05) is 0 Å². The van der Waals surface area contributed by atoms with Crippen molar-refractivity contribution in [2.24, 2.45) is 10.8 Å². The monoisotopic (exact) mass is 108 g/mol. The van der Waals surface area contributed by atoms with Gasteiger partial charge in [-0.25, -0.2) is 0 Å². The molecule has 0 atom stereocenters. The fourth-order valence-electron chi connectivity index (χ4n) is 2.43. The fraction of sp³-hybridized carbons (Fsp3) is 0.750. The smallest absolute Gasteiger partial charge is 0.0130 e. The summed E-state index contributed by atoms with van der Waals surface area (Å²) in [6.45, 7) is 4.69. The first kappa shape index (κ1) is 4.60. The lowest BCUT2D eigenvalue weighted by atomic mass is 9.61. The first-order valence-corrected chi connectivity index (χ1v) is 3.32. The summed E-state index contributed by atoms with van der Waals surface area (Å²) < 4.78 is 0.